The Balaban J connectivity index is 1.43. The van der Waals surface area contributed by atoms with Crippen LogP contribution in [0.3, 0.4) is 0 Å². The predicted molar refractivity (Wildman–Crippen MR) is 179 cm³/mol. The number of carboxylic acids is 1. The molecule has 1 amide bonds. The number of nitrogens with one attached hydrogen (secondary N) is 1. The van der Waals surface area contributed by atoms with Gasteiger partial charge in [-0.25, -0.2) is 0 Å². The van der Waals surface area contributed by atoms with Crippen molar-refractivity contribution in [2.24, 2.45) is 56.7 Å². The minimum Gasteiger partial charge on any atom is -0.481 e. The number of amides is 1. The summed E-state index contributed by atoms with van der Waals surface area (Å²) in [6.45, 7) is 22.9. The third-order valence-electron chi connectivity index (χ3n) is 14.0. The third kappa shape index (κ3) is 5.38. The van der Waals surface area contributed by atoms with E-state index in [1.54, 1.807) is 13.8 Å². The van der Waals surface area contributed by atoms with E-state index in [4.69, 9.17) is 4.74 Å². The van der Waals surface area contributed by atoms with E-state index in [2.05, 4.69) is 46.9 Å². The van der Waals surface area contributed by atoms with Crippen LogP contribution in [0.2, 0.25) is 0 Å². The zero-order valence-corrected chi connectivity index (χ0v) is 30.5. The van der Waals surface area contributed by atoms with Gasteiger partial charge in [0.1, 0.15) is 6.10 Å². The van der Waals surface area contributed by atoms with Gasteiger partial charge in [-0.3, -0.25) is 19.2 Å². The number of Topliss-reactive ketones (excluding diaryl/α,β-unsaturated/α-hetero) is 1. The van der Waals surface area contributed by atoms with Crippen LogP contribution in [-0.2, 0) is 23.9 Å². The summed E-state index contributed by atoms with van der Waals surface area (Å²) >= 11 is 0. The Kier molecular flexibility index (Phi) is 8.54. The van der Waals surface area contributed by atoms with Crippen LogP contribution in [0.1, 0.15) is 140 Å². The monoisotopic (exact) mass is 639 g/mol. The Morgan fingerprint density at radius 2 is 1.52 bits per heavy atom. The Morgan fingerprint density at radius 1 is 0.891 bits per heavy atom. The van der Waals surface area contributed by atoms with E-state index in [1.165, 1.54) is 5.57 Å². The van der Waals surface area contributed by atoms with E-state index >= 15 is 0 Å². The van der Waals surface area contributed by atoms with Gasteiger partial charge in [0.2, 0.25) is 5.91 Å². The summed E-state index contributed by atoms with van der Waals surface area (Å²) in [5.41, 5.74) is 0.0278. The van der Waals surface area contributed by atoms with Crippen LogP contribution in [0.25, 0.3) is 0 Å². The highest BCUT2D eigenvalue weighted by Gasteiger charge is 2.67. The quantitative estimate of drug-likeness (QED) is 0.286. The van der Waals surface area contributed by atoms with E-state index < -0.39 is 28.3 Å². The van der Waals surface area contributed by atoms with Crippen molar-refractivity contribution in [2.45, 2.75) is 152 Å². The van der Waals surface area contributed by atoms with E-state index in [1.807, 2.05) is 20.8 Å². The second-order valence-corrected chi connectivity index (χ2v) is 19.1. The number of carboxylic acid groups (broad SMARTS) is 1. The Labute approximate surface area is 277 Å². The van der Waals surface area contributed by atoms with Crippen LogP contribution in [0.5, 0.6) is 0 Å². The molecule has 0 bridgehead atoms. The molecule has 0 radical (unpaired) electrons. The lowest BCUT2D eigenvalue weighted by atomic mass is 9.37. The maximum Gasteiger partial charge on any atom is 0.309 e. The number of carbonyl (C=O) groups excluding carboxylic acids is 3. The molecule has 2 N–H and O–H groups in total. The average Bonchev–Trinajstić information content (AvgIpc) is 3.21. The smallest absolute Gasteiger partial charge is 0.309 e. The van der Waals surface area contributed by atoms with Gasteiger partial charge in [-0.15, -0.1) is 0 Å². The van der Waals surface area contributed by atoms with Crippen molar-refractivity contribution in [3.8, 4) is 0 Å². The molecule has 4 saturated carbocycles. The molecule has 0 spiro atoms. The predicted octanol–water partition coefficient (Wildman–Crippen LogP) is 7.90. The lowest BCUT2D eigenvalue weighted by Gasteiger charge is -2.68. The normalized spacial score (nSPS) is 38.8. The molecule has 0 aliphatic heterocycles. The molecule has 4 fully saturated rings. The first-order valence-corrected chi connectivity index (χ1v) is 18.0. The minimum absolute atomic E-state index is 0.0281. The number of allylic oxidation sites excluding steroid dienone is 1. The fourth-order valence-corrected chi connectivity index (χ4v) is 11.7. The molecule has 0 heterocycles. The molecule has 5 rings (SSSR count). The molecule has 0 aromatic carbocycles. The number of esters is 1. The van der Waals surface area contributed by atoms with Gasteiger partial charge in [-0.2, -0.15) is 0 Å². The molecule has 0 saturated heterocycles. The first-order valence-electron chi connectivity index (χ1n) is 18.0. The minimum atomic E-state index is -1.16. The maximum absolute atomic E-state index is 13.7. The third-order valence-corrected chi connectivity index (χ3v) is 14.0. The lowest BCUT2D eigenvalue weighted by molar-refractivity contribution is -0.213. The van der Waals surface area contributed by atoms with Crippen molar-refractivity contribution in [1.29, 1.82) is 0 Å². The summed E-state index contributed by atoms with van der Waals surface area (Å²) in [6, 6.07) is 0. The van der Waals surface area contributed by atoms with Gasteiger partial charge in [-0.05, 0) is 117 Å². The molecular formula is C39H61NO6. The Hall–Kier alpha value is -2.18. The zero-order chi connectivity index (χ0) is 34.4. The second-order valence-electron chi connectivity index (χ2n) is 19.1. The largest absolute Gasteiger partial charge is 0.481 e. The van der Waals surface area contributed by atoms with Crippen molar-refractivity contribution in [3.63, 3.8) is 0 Å². The van der Waals surface area contributed by atoms with Crippen molar-refractivity contribution in [3.05, 3.63) is 11.1 Å². The molecule has 258 valence electrons. The Bertz CT molecular complexity index is 1330. The number of aliphatic carboxylic acids is 1. The molecule has 46 heavy (non-hydrogen) atoms. The number of fused-ring (bicyclic) bond motifs is 7. The fraction of sp³-hybridized carbons (Fsp3) is 0.846. The second kappa shape index (κ2) is 11.2. The molecule has 5 aliphatic carbocycles. The number of rotatable bonds is 6. The van der Waals surface area contributed by atoms with Gasteiger partial charge in [0, 0.05) is 17.3 Å². The maximum atomic E-state index is 13.7. The number of ketones is 1. The standard InChI is InChI=1S/C39H61NO6/c1-22(2)30-25(41)20-39(40-32(43)34(3,4)5)19-14-24-23(31(30)39)12-13-27-37(24,10)17-15-26-36(8,9)28(16-18-38(26,27)11)46-29(42)21-35(6,7)33(44)45/h22-24,26-28H,12-21H2,1-11H3,(H,40,43)(H,44,45)/t23?,24?,26?,27?,28-,37-,38-,39+/m0/s1. The zero-order valence-electron chi connectivity index (χ0n) is 30.5. The highest BCUT2D eigenvalue weighted by Crippen LogP contribution is 2.72. The molecule has 0 aromatic heterocycles. The van der Waals surface area contributed by atoms with Crippen molar-refractivity contribution < 1.29 is 29.0 Å². The van der Waals surface area contributed by atoms with Crippen LogP contribution in [-0.4, -0.2) is 40.4 Å². The van der Waals surface area contributed by atoms with Crippen molar-refractivity contribution >= 4 is 23.6 Å². The van der Waals surface area contributed by atoms with Crippen LogP contribution in [0, 0.1) is 56.7 Å². The molecule has 5 aliphatic rings. The summed E-state index contributed by atoms with van der Waals surface area (Å²) in [5, 5.41) is 13.0. The molecule has 8 atom stereocenters. The summed E-state index contributed by atoms with van der Waals surface area (Å²) < 4.78 is 6.12. The first kappa shape index (κ1) is 35.1. The molecule has 4 unspecified atom stereocenters. The molecule has 7 nitrogen and oxygen atoms in total. The van der Waals surface area contributed by atoms with Gasteiger partial charge in [0.25, 0.3) is 0 Å². The van der Waals surface area contributed by atoms with Crippen LogP contribution < -0.4 is 5.32 Å². The van der Waals surface area contributed by atoms with Gasteiger partial charge in [0.15, 0.2) is 5.78 Å². The summed E-state index contributed by atoms with van der Waals surface area (Å²) in [4.78, 5) is 51.8. The molecule has 7 heteroatoms. The summed E-state index contributed by atoms with van der Waals surface area (Å²) in [7, 11) is 0. The SMILES string of the molecule is CC(C)C1=C2C3CCC4[C@@](C)(CCC5C(C)(C)[C@@H](OC(=O)CC(C)(C)C(=O)O)CC[C@@]54C)C3CC[C@@]2(NC(=O)C(C)(C)C)CC1=O. The fourth-order valence-electron chi connectivity index (χ4n) is 11.7. The van der Waals surface area contributed by atoms with E-state index in [9.17, 15) is 24.3 Å². The Morgan fingerprint density at radius 3 is 2.11 bits per heavy atom. The van der Waals surface area contributed by atoms with Crippen molar-refractivity contribution in [2.75, 3.05) is 0 Å². The van der Waals surface area contributed by atoms with Crippen LogP contribution in [0.4, 0.5) is 0 Å². The van der Waals surface area contributed by atoms with Gasteiger partial charge < -0.3 is 15.2 Å². The van der Waals surface area contributed by atoms with Crippen LogP contribution >= 0.6 is 0 Å². The number of hydrogen-bond acceptors (Lipinski definition) is 5. The van der Waals surface area contributed by atoms with Gasteiger partial charge >= 0.3 is 11.9 Å². The summed E-state index contributed by atoms with van der Waals surface area (Å²) in [5.74, 6) is 0.673. The number of hydrogen-bond donors (Lipinski definition) is 2. The average molecular weight is 640 g/mol. The topological polar surface area (TPSA) is 110 Å². The highest BCUT2D eigenvalue weighted by molar-refractivity contribution is 6.02. The molecular weight excluding hydrogens is 578 g/mol. The molecule has 0 aromatic rings. The summed E-state index contributed by atoms with van der Waals surface area (Å²) in [6.07, 6.45) is 7.99. The van der Waals surface area contributed by atoms with E-state index in [-0.39, 0.29) is 46.4 Å². The first-order chi connectivity index (χ1) is 21.0. The van der Waals surface area contributed by atoms with Crippen molar-refractivity contribution in [1.82, 2.24) is 5.32 Å². The van der Waals surface area contributed by atoms with Crippen LogP contribution in [0.15, 0.2) is 11.1 Å². The number of ether oxygens (including phenoxy) is 1. The van der Waals surface area contributed by atoms with Gasteiger partial charge in [-0.1, -0.05) is 62.3 Å². The van der Waals surface area contributed by atoms with E-state index in [0.717, 1.165) is 56.9 Å². The number of carbonyl (C=O) groups is 4. The van der Waals surface area contributed by atoms with Gasteiger partial charge in [0.05, 0.1) is 17.4 Å². The highest BCUT2D eigenvalue weighted by atomic mass is 16.5. The lowest BCUT2D eigenvalue weighted by Crippen LogP contribution is -2.64. The van der Waals surface area contributed by atoms with E-state index in [0.29, 0.717) is 30.1 Å².